The molecule has 0 saturated carbocycles. The summed E-state index contributed by atoms with van der Waals surface area (Å²) in [6, 6.07) is 9.08. The van der Waals surface area contributed by atoms with Crippen molar-refractivity contribution in [1.82, 2.24) is 10.3 Å². The minimum atomic E-state index is -0.668. The number of carbonyl (C=O) groups excluding carboxylic acids is 2. The first-order chi connectivity index (χ1) is 12.3. The molecule has 2 rings (SSSR count). The number of carbonyl (C=O) groups is 2. The smallest absolute Gasteiger partial charge is 0.408 e. The highest BCUT2D eigenvalue weighted by Gasteiger charge is 2.24. The lowest BCUT2D eigenvalue weighted by Crippen LogP contribution is -2.45. The van der Waals surface area contributed by atoms with Crippen molar-refractivity contribution >= 4 is 28.5 Å². The zero-order valence-corrected chi connectivity index (χ0v) is 16.4. The first-order valence-electron chi connectivity index (χ1n) is 8.60. The van der Waals surface area contributed by atoms with Crippen molar-refractivity contribution in [3.05, 3.63) is 35.7 Å². The van der Waals surface area contributed by atoms with Crippen molar-refractivity contribution in [1.29, 1.82) is 0 Å². The van der Waals surface area contributed by atoms with Crippen molar-refractivity contribution in [3.63, 3.8) is 0 Å². The van der Waals surface area contributed by atoms with Gasteiger partial charge in [0, 0.05) is 10.9 Å². The summed E-state index contributed by atoms with van der Waals surface area (Å²) in [6.07, 6.45) is 0.665. The van der Waals surface area contributed by atoms with Gasteiger partial charge >= 0.3 is 6.09 Å². The Labute approximate surface area is 158 Å². The minimum absolute atomic E-state index is 0.299. The number of thiazole rings is 1. The summed E-state index contributed by atoms with van der Waals surface area (Å²) >= 11 is 1.35. The maximum absolute atomic E-state index is 12.5. The molecule has 140 valence electrons. The number of rotatable bonds is 6. The molecule has 2 aromatic rings. The van der Waals surface area contributed by atoms with E-state index >= 15 is 0 Å². The molecule has 0 fully saturated rings. The van der Waals surface area contributed by atoms with Crippen LogP contribution in [0.5, 0.6) is 0 Å². The Hall–Kier alpha value is -2.41. The summed E-state index contributed by atoms with van der Waals surface area (Å²) in [5, 5.41) is 7.81. The zero-order valence-electron chi connectivity index (χ0n) is 15.5. The highest BCUT2D eigenvalue weighted by atomic mass is 32.1. The summed E-state index contributed by atoms with van der Waals surface area (Å²) in [6.45, 7) is 7.29. The van der Waals surface area contributed by atoms with Crippen LogP contribution in [0.3, 0.4) is 0 Å². The fourth-order valence-corrected chi connectivity index (χ4v) is 3.00. The number of aromatic nitrogens is 1. The van der Waals surface area contributed by atoms with Crippen LogP contribution in [-0.4, -0.2) is 28.6 Å². The van der Waals surface area contributed by atoms with E-state index in [0.717, 1.165) is 17.7 Å². The first kappa shape index (κ1) is 19.9. The van der Waals surface area contributed by atoms with Crippen LogP contribution in [0.25, 0.3) is 11.3 Å². The zero-order chi connectivity index (χ0) is 19.2. The van der Waals surface area contributed by atoms with E-state index in [2.05, 4.69) is 15.6 Å². The third-order valence-electron chi connectivity index (χ3n) is 3.39. The number of hydrogen-bond acceptors (Lipinski definition) is 5. The molecule has 2 N–H and O–H groups in total. The molecule has 1 aromatic heterocycles. The van der Waals surface area contributed by atoms with E-state index in [0.29, 0.717) is 11.6 Å². The lowest BCUT2D eigenvalue weighted by molar-refractivity contribution is -0.118. The van der Waals surface area contributed by atoms with Gasteiger partial charge in [-0.15, -0.1) is 11.3 Å². The van der Waals surface area contributed by atoms with Crippen molar-refractivity contribution in [3.8, 4) is 11.3 Å². The lowest BCUT2D eigenvalue weighted by atomic mass is 10.1. The number of amides is 2. The SMILES string of the molecule is CCCC(NC(=O)OC(C)(C)C)C(=O)Nc1nc(-c2ccccc2)cs1. The molecule has 0 radical (unpaired) electrons. The van der Waals surface area contributed by atoms with Gasteiger partial charge in [0.05, 0.1) is 5.69 Å². The summed E-state index contributed by atoms with van der Waals surface area (Å²) in [5.41, 5.74) is 1.18. The van der Waals surface area contributed by atoms with Crippen molar-refractivity contribution < 1.29 is 14.3 Å². The van der Waals surface area contributed by atoms with E-state index in [9.17, 15) is 9.59 Å². The van der Waals surface area contributed by atoms with E-state index < -0.39 is 17.7 Å². The summed E-state index contributed by atoms with van der Waals surface area (Å²) < 4.78 is 5.23. The van der Waals surface area contributed by atoms with E-state index in [1.807, 2.05) is 42.6 Å². The Morgan fingerprint density at radius 2 is 1.92 bits per heavy atom. The summed E-state index contributed by atoms with van der Waals surface area (Å²) in [4.78, 5) is 28.9. The second-order valence-corrected chi connectivity index (χ2v) is 7.74. The Bertz CT molecular complexity index is 738. The van der Waals surface area contributed by atoms with Crippen LogP contribution < -0.4 is 10.6 Å². The average Bonchev–Trinajstić information content (AvgIpc) is 3.02. The predicted octanol–water partition coefficient (Wildman–Crippen LogP) is 4.44. The number of nitrogens with zero attached hydrogens (tertiary/aromatic N) is 1. The third-order valence-corrected chi connectivity index (χ3v) is 4.15. The molecular formula is C19H25N3O3S. The number of hydrogen-bond donors (Lipinski definition) is 2. The van der Waals surface area contributed by atoms with E-state index in [1.165, 1.54) is 11.3 Å². The number of nitrogens with one attached hydrogen (secondary N) is 2. The topological polar surface area (TPSA) is 80.3 Å². The van der Waals surface area contributed by atoms with Crippen LogP contribution in [0.15, 0.2) is 35.7 Å². The lowest BCUT2D eigenvalue weighted by Gasteiger charge is -2.22. The molecule has 0 aliphatic carbocycles. The molecule has 0 aliphatic heterocycles. The number of benzene rings is 1. The summed E-state index contributed by atoms with van der Waals surface area (Å²) in [7, 11) is 0. The van der Waals surface area contributed by atoms with Gasteiger partial charge in [-0.25, -0.2) is 9.78 Å². The second kappa shape index (κ2) is 8.80. The van der Waals surface area contributed by atoms with Crippen LogP contribution in [0.2, 0.25) is 0 Å². The predicted molar refractivity (Wildman–Crippen MR) is 104 cm³/mol. The molecule has 6 nitrogen and oxygen atoms in total. The van der Waals surface area contributed by atoms with Crippen LogP contribution >= 0.6 is 11.3 Å². The van der Waals surface area contributed by atoms with Gasteiger partial charge < -0.3 is 15.4 Å². The standard InChI is InChI=1S/C19H25N3O3S/c1-5-9-14(21-18(24)25-19(2,3)4)16(23)22-17-20-15(12-26-17)13-10-7-6-8-11-13/h6-8,10-12,14H,5,9H2,1-4H3,(H,21,24)(H,20,22,23). The minimum Gasteiger partial charge on any atom is -0.444 e. The Morgan fingerprint density at radius 1 is 1.23 bits per heavy atom. The van der Waals surface area contributed by atoms with Crippen LogP contribution in [0.1, 0.15) is 40.5 Å². The molecule has 2 amide bonds. The molecule has 1 heterocycles. The number of alkyl carbamates (subject to hydrolysis) is 1. The van der Waals surface area contributed by atoms with Crippen molar-refractivity contribution in [2.24, 2.45) is 0 Å². The fraction of sp³-hybridized carbons (Fsp3) is 0.421. The van der Waals surface area contributed by atoms with Gasteiger partial charge in [0.2, 0.25) is 5.91 Å². The molecule has 0 spiro atoms. The molecule has 1 atom stereocenters. The van der Waals surface area contributed by atoms with Crippen molar-refractivity contribution in [2.45, 2.75) is 52.2 Å². The van der Waals surface area contributed by atoms with Gasteiger partial charge in [0.15, 0.2) is 5.13 Å². The molecule has 1 aromatic carbocycles. The normalized spacial score (nSPS) is 12.3. The van der Waals surface area contributed by atoms with Crippen LogP contribution in [0, 0.1) is 0 Å². The summed E-state index contributed by atoms with van der Waals surface area (Å²) in [5.74, 6) is -0.299. The van der Waals surface area contributed by atoms with Gasteiger partial charge in [0.25, 0.3) is 0 Å². The van der Waals surface area contributed by atoms with Gasteiger partial charge in [-0.3, -0.25) is 4.79 Å². The maximum atomic E-state index is 12.5. The van der Waals surface area contributed by atoms with Crippen molar-refractivity contribution in [2.75, 3.05) is 5.32 Å². The molecule has 7 heteroatoms. The molecular weight excluding hydrogens is 350 g/mol. The first-order valence-corrected chi connectivity index (χ1v) is 9.48. The van der Waals surface area contributed by atoms with Gasteiger partial charge in [0.1, 0.15) is 11.6 Å². The molecule has 0 aliphatic rings. The van der Waals surface area contributed by atoms with E-state index in [4.69, 9.17) is 4.74 Å². The molecule has 1 unspecified atom stereocenters. The molecule has 0 saturated heterocycles. The average molecular weight is 375 g/mol. The molecule has 26 heavy (non-hydrogen) atoms. The number of anilines is 1. The van der Waals surface area contributed by atoms with E-state index in [-0.39, 0.29) is 5.91 Å². The highest BCUT2D eigenvalue weighted by molar-refractivity contribution is 7.14. The molecule has 0 bridgehead atoms. The van der Waals surface area contributed by atoms with E-state index in [1.54, 1.807) is 20.8 Å². The maximum Gasteiger partial charge on any atom is 0.408 e. The fourth-order valence-electron chi connectivity index (χ4n) is 2.27. The van der Waals surface area contributed by atoms with Gasteiger partial charge in [-0.05, 0) is 27.2 Å². The Balaban J connectivity index is 2.01. The largest absolute Gasteiger partial charge is 0.444 e. The van der Waals surface area contributed by atoms with Crippen LogP contribution in [-0.2, 0) is 9.53 Å². The highest BCUT2D eigenvalue weighted by Crippen LogP contribution is 2.24. The Kier molecular flexibility index (Phi) is 6.74. The second-order valence-electron chi connectivity index (χ2n) is 6.88. The van der Waals surface area contributed by atoms with Gasteiger partial charge in [-0.1, -0.05) is 43.7 Å². The quantitative estimate of drug-likeness (QED) is 0.782. The Morgan fingerprint density at radius 3 is 2.54 bits per heavy atom. The van der Waals surface area contributed by atoms with Gasteiger partial charge in [-0.2, -0.15) is 0 Å². The number of ether oxygens (including phenoxy) is 1. The third kappa shape index (κ3) is 6.15. The monoisotopic (exact) mass is 375 g/mol. The van der Waals surface area contributed by atoms with Crippen LogP contribution in [0.4, 0.5) is 9.93 Å².